The Bertz CT molecular complexity index is 1340. The van der Waals surface area contributed by atoms with E-state index < -0.39 is 12.0 Å². The van der Waals surface area contributed by atoms with Crippen LogP contribution < -0.4 is 10.1 Å². The molecule has 228 valence electrons. The number of benzene rings is 2. The Morgan fingerprint density at radius 1 is 0.977 bits per heavy atom. The van der Waals surface area contributed by atoms with Gasteiger partial charge in [-0.2, -0.15) is 0 Å². The summed E-state index contributed by atoms with van der Waals surface area (Å²) in [7, 11) is 0. The van der Waals surface area contributed by atoms with Crippen LogP contribution in [0.25, 0.3) is 0 Å². The minimum Gasteiger partial charge on any atom is -0.463 e. The van der Waals surface area contributed by atoms with Crippen LogP contribution >= 0.6 is 0 Å². The molecular weight excluding hydrogens is 544 g/mol. The first kappa shape index (κ1) is 30.4. The zero-order chi connectivity index (χ0) is 30.2. The molecule has 0 spiro atoms. The predicted octanol–water partition coefficient (Wildman–Crippen LogP) is 5.27. The predicted molar refractivity (Wildman–Crippen MR) is 164 cm³/mol. The number of carbonyl (C=O) groups excluding carboxylic acids is 3. The Morgan fingerprint density at radius 2 is 1.74 bits per heavy atom. The first-order chi connectivity index (χ1) is 21.0. The van der Waals surface area contributed by atoms with Crippen LogP contribution in [0.5, 0.6) is 11.5 Å². The standard InChI is InChI=1S/C34H42N4O5/c1-3-18-38-29(24-36-19-11-20-37(22-21-36)32(39)25-12-8-9-13-25)30(33(40)42-4-2)31(35-34(38)41)26-14-10-17-28(23-26)43-27-15-6-5-7-16-27/h3,5-7,10,14-17,23,25,31H,1,4,8-9,11-13,18-22,24H2,2H3,(H,35,41). The molecule has 0 aromatic heterocycles. The lowest BCUT2D eigenvalue weighted by Crippen LogP contribution is -2.51. The van der Waals surface area contributed by atoms with E-state index in [1.54, 1.807) is 17.9 Å². The molecule has 3 amide bonds. The van der Waals surface area contributed by atoms with Crippen LogP contribution in [0.3, 0.4) is 0 Å². The second kappa shape index (κ2) is 14.4. The van der Waals surface area contributed by atoms with Gasteiger partial charge in [-0.1, -0.05) is 49.2 Å². The average Bonchev–Trinajstić information content (AvgIpc) is 3.46. The molecule has 2 aromatic carbocycles. The summed E-state index contributed by atoms with van der Waals surface area (Å²) in [6.07, 6.45) is 6.71. The summed E-state index contributed by atoms with van der Waals surface area (Å²) in [6, 6.07) is 15.8. The van der Waals surface area contributed by atoms with Crippen LogP contribution in [0.2, 0.25) is 0 Å². The fourth-order valence-corrected chi connectivity index (χ4v) is 6.27. The van der Waals surface area contributed by atoms with Gasteiger partial charge in [0.05, 0.1) is 18.2 Å². The number of rotatable bonds is 10. The third-order valence-corrected chi connectivity index (χ3v) is 8.39. The zero-order valence-corrected chi connectivity index (χ0v) is 25.0. The Kier molecular flexibility index (Phi) is 10.1. The molecular formula is C34H42N4O5. The van der Waals surface area contributed by atoms with Crippen molar-refractivity contribution in [2.75, 3.05) is 45.9 Å². The fraction of sp³-hybridized carbons (Fsp3) is 0.441. The van der Waals surface area contributed by atoms with Crippen molar-refractivity contribution in [1.82, 2.24) is 20.0 Å². The minimum absolute atomic E-state index is 0.150. The quantitative estimate of drug-likeness (QED) is 0.301. The Balaban J connectivity index is 1.45. The van der Waals surface area contributed by atoms with Crippen molar-refractivity contribution >= 4 is 17.9 Å². The van der Waals surface area contributed by atoms with E-state index in [4.69, 9.17) is 9.47 Å². The van der Waals surface area contributed by atoms with Gasteiger partial charge in [0, 0.05) is 50.9 Å². The van der Waals surface area contributed by atoms with Gasteiger partial charge in [0.25, 0.3) is 0 Å². The van der Waals surface area contributed by atoms with Crippen molar-refractivity contribution in [1.29, 1.82) is 0 Å². The summed E-state index contributed by atoms with van der Waals surface area (Å²) < 4.78 is 11.6. The molecule has 43 heavy (non-hydrogen) atoms. The number of hydrogen-bond donors (Lipinski definition) is 1. The molecule has 1 aliphatic carbocycles. The summed E-state index contributed by atoms with van der Waals surface area (Å²) in [5.74, 6) is 1.23. The molecule has 0 bridgehead atoms. The number of amides is 3. The molecule has 9 heteroatoms. The number of nitrogens with zero attached hydrogens (tertiary/aromatic N) is 3. The van der Waals surface area contributed by atoms with Crippen molar-refractivity contribution in [3.63, 3.8) is 0 Å². The first-order valence-corrected chi connectivity index (χ1v) is 15.4. The summed E-state index contributed by atoms with van der Waals surface area (Å²) >= 11 is 0. The third kappa shape index (κ3) is 7.28. The second-order valence-corrected chi connectivity index (χ2v) is 11.3. The van der Waals surface area contributed by atoms with Crippen molar-refractivity contribution in [2.24, 2.45) is 5.92 Å². The summed E-state index contributed by atoms with van der Waals surface area (Å²) in [4.78, 5) is 46.1. The van der Waals surface area contributed by atoms with E-state index in [1.807, 2.05) is 59.5 Å². The van der Waals surface area contributed by atoms with Crippen LogP contribution in [0, 0.1) is 5.92 Å². The van der Waals surface area contributed by atoms with E-state index in [-0.39, 0.29) is 31.0 Å². The molecule has 1 saturated carbocycles. The minimum atomic E-state index is -0.727. The molecule has 1 unspecified atom stereocenters. The number of ether oxygens (including phenoxy) is 2. The first-order valence-electron chi connectivity index (χ1n) is 15.4. The summed E-state index contributed by atoms with van der Waals surface area (Å²) in [5.41, 5.74) is 1.70. The maximum Gasteiger partial charge on any atom is 0.338 e. The van der Waals surface area contributed by atoms with Gasteiger partial charge in [-0.15, -0.1) is 6.58 Å². The molecule has 5 rings (SSSR count). The Morgan fingerprint density at radius 3 is 2.49 bits per heavy atom. The molecule has 2 aromatic rings. The molecule has 2 heterocycles. The average molecular weight is 587 g/mol. The lowest BCUT2D eigenvalue weighted by molar-refractivity contribution is -0.139. The fourth-order valence-electron chi connectivity index (χ4n) is 6.27. The van der Waals surface area contributed by atoms with Gasteiger partial charge < -0.3 is 19.7 Å². The van der Waals surface area contributed by atoms with E-state index in [0.29, 0.717) is 48.0 Å². The van der Waals surface area contributed by atoms with Crippen LogP contribution in [-0.2, 0) is 14.3 Å². The van der Waals surface area contributed by atoms with E-state index in [1.165, 1.54) is 0 Å². The SMILES string of the molecule is C=CCN1C(=O)NC(c2cccc(Oc3ccccc3)c2)C(C(=O)OCC)=C1CN1CCCN(C(=O)C2CCCC2)CC1. The molecule has 2 aliphatic heterocycles. The summed E-state index contributed by atoms with van der Waals surface area (Å²) in [5, 5.41) is 3.03. The van der Waals surface area contributed by atoms with Crippen molar-refractivity contribution in [3.8, 4) is 11.5 Å². The van der Waals surface area contributed by atoms with Crippen LogP contribution in [-0.4, -0.2) is 78.5 Å². The number of urea groups is 1. The molecule has 1 atom stereocenters. The lowest BCUT2D eigenvalue weighted by atomic mass is 9.94. The van der Waals surface area contributed by atoms with Crippen LogP contribution in [0.4, 0.5) is 4.79 Å². The Labute approximate surface area is 254 Å². The summed E-state index contributed by atoms with van der Waals surface area (Å²) in [6.45, 7) is 9.22. The van der Waals surface area contributed by atoms with Gasteiger partial charge in [-0.05, 0) is 56.0 Å². The van der Waals surface area contributed by atoms with Crippen molar-refractivity contribution in [2.45, 2.75) is 45.1 Å². The molecule has 1 saturated heterocycles. The molecule has 2 fully saturated rings. The number of para-hydroxylation sites is 1. The van der Waals surface area contributed by atoms with E-state index in [2.05, 4.69) is 16.8 Å². The van der Waals surface area contributed by atoms with Gasteiger partial charge in [0.2, 0.25) is 5.91 Å². The van der Waals surface area contributed by atoms with Crippen LogP contribution in [0.1, 0.15) is 50.6 Å². The smallest absolute Gasteiger partial charge is 0.338 e. The lowest BCUT2D eigenvalue weighted by Gasteiger charge is -2.38. The highest BCUT2D eigenvalue weighted by atomic mass is 16.5. The molecule has 0 radical (unpaired) electrons. The van der Waals surface area contributed by atoms with Gasteiger partial charge >= 0.3 is 12.0 Å². The maximum absolute atomic E-state index is 13.6. The van der Waals surface area contributed by atoms with E-state index in [9.17, 15) is 14.4 Å². The topological polar surface area (TPSA) is 91.4 Å². The second-order valence-electron chi connectivity index (χ2n) is 11.3. The van der Waals surface area contributed by atoms with Crippen molar-refractivity contribution in [3.05, 3.63) is 84.1 Å². The molecule has 9 nitrogen and oxygen atoms in total. The number of esters is 1. The normalized spacial score (nSPS) is 20.0. The number of carbonyl (C=O) groups is 3. The van der Waals surface area contributed by atoms with Gasteiger partial charge in [-0.3, -0.25) is 14.6 Å². The zero-order valence-electron chi connectivity index (χ0n) is 25.0. The highest BCUT2D eigenvalue weighted by Crippen LogP contribution is 2.35. The van der Waals surface area contributed by atoms with Gasteiger partial charge in [0.1, 0.15) is 11.5 Å². The van der Waals surface area contributed by atoms with Gasteiger partial charge in [-0.25, -0.2) is 9.59 Å². The Hall–Kier alpha value is -4.11. The molecule has 1 N–H and O–H groups in total. The largest absolute Gasteiger partial charge is 0.463 e. The highest BCUT2D eigenvalue weighted by Gasteiger charge is 2.39. The molecule has 3 aliphatic rings. The monoisotopic (exact) mass is 586 g/mol. The maximum atomic E-state index is 13.6. The van der Waals surface area contributed by atoms with E-state index >= 15 is 0 Å². The van der Waals surface area contributed by atoms with Crippen molar-refractivity contribution < 1.29 is 23.9 Å². The van der Waals surface area contributed by atoms with Gasteiger partial charge in [0.15, 0.2) is 0 Å². The number of nitrogens with one attached hydrogen (secondary N) is 1. The number of hydrogen-bond acceptors (Lipinski definition) is 6. The van der Waals surface area contributed by atoms with Crippen LogP contribution in [0.15, 0.2) is 78.5 Å². The third-order valence-electron chi connectivity index (χ3n) is 8.39. The highest BCUT2D eigenvalue weighted by molar-refractivity contribution is 5.95. The van der Waals surface area contributed by atoms with E-state index in [0.717, 1.165) is 45.2 Å².